The monoisotopic (exact) mass is 381 g/mol. The maximum absolute atomic E-state index is 13.1. The molecule has 1 heterocycles. The van der Waals surface area contributed by atoms with Crippen LogP contribution in [0.4, 0.5) is 0 Å². The SMILES string of the molecule is COc1ccc(C)cc1S(=O)(=O)N1CCOC(c2ccccc2Cl)C1. The number of benzene rings is 2. The van der Waals surface area contributed by atoms with Gasteiger partial charge < -0.3 is 9.47 Å². The molecule has 0 aromatic heterocycles. The van der Waals surface area contributed by atoms with Gasteiger partial charge in [-0.25, -0.2) is 8.42 Å². The van der Waals surface area contributed by atoms with Crippen molar-refractivity contribution in [2.75, 3.05) is 26.8 Å². The topological polar surface area (TPSA) is 55.8 Å². The summed E-state index contributed by atoms with van der Waals surface area (Å²) in [5, 5.41) is 0.569. The van der Waals surface area contributed by atoms with Gasteiger partial charge >= 0.3 is 0 Å². The zero-order chi connectivity index (χ0) is 18.0. The standard InChI is InChI=1S/C18H20ClNO4S/c1-13-7-8-16(23-2)18(11-13)25(21,22)20-9-10-24-17(12-20)14-5-3-4-6-15(14)19/h3-8,11,17H,9-10,12H2,1-2H3. The molecule has 0 N–H and O–H groups in total. The van der Waals surface area contributed by atoms with Crippen LogP contribution in [0.15, 0.2) is 47.4 Å². The summed E-state index contributed by atoms with van der Waals surface area (Å²) in [6, 6.07) is 12.5. The van der Waals surface area contributed by atoms with E-state index < -0.39 is 16.1 Å². The number of methoxy groups -OCH3 is 1. The molecule has 134 valence electrons. The third-order valence-electron chi connectivity index (χ3n) is 4.22. The molecular formula is C18H20ClNO4S. The molecule has 0 radical (unpaired) electrons. The van der Waals surface area contributed by atoms with Gasteiger partial charge in [0.05, 0.1) is 19.8 Å². The zero-order valence-corrected chi connectivity index (χ0v) is 15.7. The minimum Gasteiger partial charge on any atom is -0.495 e. The van der Waals surface area contributed by atoms with Crippen LogP contribution in [0.3, 0.4) is 0 Å². The highest BCUT2D eigenvalue weighted by Crippen LogP contribution is 2.33. The van der Waals surface area contributed by atoms with Gasteiger partial charge in [0.25, 0.3) is 0 Å². The summed E-state index contributed by atoms with van der Waals surface area (Å²) in [4.78, 5) is 0.176. The van der Waals surface area contributed by atoms with Crippen LogP contribution in [0, 0.1) is 6.92 Å². The minimum atomic E-state index is -3.70. The number of halogens is 1. The van der Waals surface area contributed by atoms with Gasteiger partial charge in [0.2, 0.25) is 10.0 Å². The van der Waals surface area contributed by atoms with E-state index in [2.05, 4.69) is 0 Å². The molecule has 0 bridgehead atoms. The van der Waals surface area contributed by atoms with Gasteiger partial charge in [0.15, 0.2) is 0 Å². The maximum atomic E-state index is 13.1. The number of hydrogen-bond acceptors (Lipinski definition) is 4. The molecule has 1 aliphatic rings. The first-order valence-electron chi connectivity index (χ1n) is 7.94. The van der Waals surface area contributed by atoms with E-state index in [1.54, 1.807) is 18.2 Å². The number of rotatable bonds is 4. The number of morpholine rings is 1. The molecule has 0 saturated carbocycles. The van der Waals surface area contributed by atoms with Crippen molar-refractivity contribution in [2.45, 2.75) is 17.9 Å². The van der Waals surface area contributed by atoms with E-state index in [0.717, 1.165) is 11.1 Å². The molecule has 1 saturated heterocycles. The lowest BCUT2D eigenvalue weighted by atomic mass is 10.1. The molecule has 5 nitrogen and oxygen atoms in total. The van der Waals surface area contributed by atoms with Gasteiger partial charge in [-0.1, -0.05) is 35.9 Å². The molecule has 0 spiro atoms. The molecular weight excluding hydrogens is 362 g/mol. The van der Waals surface area contributed by atoms with Crippen LogP contribution in [0.5, 0.6) is 5.75 Å². The van der Waals surface area contributed by atoms with Crippen LogP contribution in [0.2, 0.25) is 5.02 Å². The number of aryl methyl sites for hydroxylation is 1. The summed E-state index contributed by atoms with van der Waals surface area (Å²) in [6.45, 7) is 2.66. The quantitative estimate of drug-likeness (QED) is 0.814. The van der Waals surface area contributed by atoms with Crippen molar-refractivity contribution >= 4 is 21.6 Å². The Balaban J connectivity index is 1.93. The van der Waals surface area contributed by atoms with E-state index in [0.29, 0.717) is 23.9 Å². The van der Waals surface area contributed by atoms with Crippen molar-refractivity contribution in [3.05, 3.63) is 58.6 Å². The summed E-state index contributed by atoms with van der Waals surface area (Å²) in [5.41, 5.74) is 1.65. The molecule has 25 heavy (non-hydrogen) atoms. The fourth-order valence-corrected chi connectivity index (χ4v) is 4.82. The van der Waals surface area contributed by atoms with Crippen LogP contribution in [0.25, 0.3) is 0 Å². The van der Waals surface area contributed by atoms with Gasteiger partial charge in [0, 0.05) is 23.7 Å². The Morgan fingerprint density at radius 3 is 2.72 bits per heavy atom. The lowest BCUT2D eigenvalue weighted by Gasteiger charge is -2.33. The molecule has 0 aliphatic carbocycles. The van der Waals surface area contributed by atoms with Gasteiger partial charge in [0.1, 0.15) is 10.6 Å². The minimum absolute atomic E-state index is 0.176. The summed E-state index contributed by atoms with van der Waals surface area (Å²) in [6.07, 6.45) is -0.395. The second-order valence-electron chi connectivity index (χ2n) is 5.90. The average molecular weight is 382 g/mol. The number of hydrogen-bond donors (Lipinski definition) is 0. The Bertz CT molecular complexity index is 869. The van der Waals surface area contributed by atoms with E-state index >= 15 is 0 Å². The van der Waals surface area contributed by atoms with Gasteiger partial charge in [-0.3, -0.25) is 0 Å². The first-order chi connectivity index (χ1) is 11.9. The largest absolute Gasteiger partial charge is 0.495 e. The van der Waals surface area contributed by atoms with Crippen LogP contribution in [-0.4, -0.2) is 39.5 Å². The molecule has 2 aromatic rings. The van der Waals surface area contributed by atoms with Crippen molar-refractivity contribution in [1.29, 1.82) is 0 Å². The number of nitrogens with zero attached hydrogens (tertiary/aromatic N) is 1. The van der Waals surface area contributed by atoms with Crippen molar-refractivity contribution in [3.8, 4) is 5.75 Å². The van der Waals surface area contributed by atoms with Crippen molar-refractivity contribution in [2.24, 2.45) is 0 Å². The van der Waals surface area contributed by atoms with E-state index in [1.165, 1.54) is 11.4 Å². The number of ether oxygens (including phenoxy) is 2. The fourth-order valence-electron chi connectivity index (χ4n) is 2.89. The molecule has 1 unspecified atom stereocenters. The second-order valence-corrected chi connectivity index (χ2v) is 8.21. The van der Waals surface area contributed by atoms with E-state index in [4.69, 9.17) is 21.1 Å². The van der Waals surface area contributed by atoms with Crippen molar-refractivity contribution < 1.29 is 17.9 Å². The molecule has 1 aliphatic heterocycles. The third-order valence-corrected chi connectivity index (χ3v) is 6.45. The smallest absolute Gasteiger partial charge is 0.246 e. The zero-order valence-electron chi connectivity index (χ0n) is 14.1. The van der Waals surface area contributed by atoms with E-state index in [1.807, 2.05) is 31.2 Å². The lowest BCUT2D eigenvalue weighted by molar-refractivity contribution is -0.00253. The molecule has 3 rings (SSSR count). The highest BCUT2D eigenvalue weighted by molar-refractivity contribution is 7.89. The van der Waals surface area contributed by atoms with Gasteiger partial charge in [-0.15, -0.1) is 0 Å². The summed E-state index contributed by atoms with van der Waals surface area (Å²) in [7, 11) is -2.23. The fraction of sp³-hybridized carbons (Fsp3) is 0.333. The van der Waals surface area contributed by atoms with Gasteiger partial charge in [-0.05, 0) is 30.7 Å². The van der Waals surface area contributed by atoms with E-state index in [-0.39, 0.29) is 11.4 Å². The molecule has 1 fully saturated rings. The van der Waals surface area contributed by atoms with Gasteiger partial charge in [-0.2, -0.15) is 4.31 Å². The van der Waals surface area contributed by atoms with Crippen LogP contribution >= 0.6 is 11.6 Å². The Kier molecular flexibility index (Phi) is 5.34. The Morgan fingerprint density at radius 1 is 1.24 bits per heavy atom. The Labute approximate surface area is 153 Å². The van der Waals surface area contributed by atoms with Crippen molar-refractivity contribution in [3.63, 3.8) is 0 Å². The highest BCUT2D eigenvalue weighted by Gasteiger charge is 2.34. The first kappa shape index (κ1) is 18.2. The highest BCUT2D eigenvalue weighted by atomic mass is 35.5. The van der Waals surface area contributed by atoms with Crippen LogP contribution < -0.4 is 4.74 Å². The second kappa shape index (κ2) is 7.33. The summed E-state index contributed by atoms with van der Waals surface area (Å²) < 4.78 is 38.7. The van der Waals surface area contributed by atoms with E-state index in [9.17, 15) is 8.42 Å². The predicted molar refractivity (Wildman–Crippen MR) is 96.6 cm³/mol. The molecule has 7 heteroatoms. The summed E-state index contributed by atoms with van der Waals surface area (Å²) >= 11 is 6.24. The Morgan fingerprint density at radius 2 is 2.00 bits per heavy atom. The third kappa shape index (κ3) is 3.67. The lowest BCUT2D eigenvalue weighted by Crippen LogP contribution is -2.42. The number of sulfonamides is 1. The molecule has 0 amide bonds. The first-order valence-corrected chi connectivity index (χ1v) is 9.76. The summed E-state index contributed by atoms with van der Waals surface area (Å²) in [5.74, 6) is 0.339. The van der Waals surface area contributed by atoms with Crippen LogP contribution in [0.1, 0.15) is 17.2 Å². The molecule has 2 aromatic carbocycles. The van der Waals surface area contributed by atoms with Crippen LogP contribution in [-0.2, 0) is 14.8 Å². The predicted octanol–water partition coefficient (Wildman–Crippen LogP) is 3.42. The Hall–Kier alpha value is -1.60. The average Bonchev–Trinajstić information content (AvgIpc) is 2.62. The maximum Gasteiger partial charge on any atom is 0.246 e. The normalized spacial score (nSPS) is 18.9. The molecule has 1 atom stereocenters. The van der Waals surface area contributed by atoms with Crippen molar-refractivity contribution in [1.82, 2.24) is 4.31 Å².